The van der Waals surface area contributed by atoms with E-state index in [-0.39, 0.29) is 17.1 Å². The highest BCUT2D eigenvalue weighted by molar-refractivity contribution is 6.39. The molecule has 1 amide bonds. The lowest BCUT2D eigenvalue weighted by Crippen LogP contribution is -2.79. The summed E-state index contributed by atoms with van der Waals surface area (Å²) >= 11 is 18.3. The largest absolute Gasteiger partial charge is 0.360 e. The van der Waals surface area contributed by atoms with Gasteiger partial charge in [-0.2, -0.15) is 0 Å². The van der Waals surface area contributed by atoms with Crippen LogP contribution in [-0.4, -0.2) is 16.9 Å². The zero-order chi connectivity index (χ0) is 18.8. The molecule has 1 aromatic heterocycles. The first-order valence-electron chi connectivity index (χ1n) is 7.49. The molecular formula is C18H13Cl3N3O2+. The molecule has 5 nitrogen and oxygen atoms in total. The van der Waals surface area contributed by atoms with Gasteiger partial charge in [-0.15, -0.1) is 0 Å². The van der Waals surface area contributed by atoms with Crippen LogP contribution >= 0.6 is 34.8 Å². The third kappa shape index (κ3) is 3.60. The number of hydrogen-bond donors (Lipinski definition) is 2. The van der Waals surface area contributed by atoms with E-state index >= 15 is 0 Å². The van der Waals surface area contributed by atoms with Gasteiger partial charge in [0.25, 0.3) is 5.84 Å². The predicted octanol–water partition coefficient (Wildman–Crippen LogP) is 3.24. The maximum atomic E-state index is 12.8. The second-order valence-corrected chi connectivity index (χ2v) is 6.68. The van der Waals surface area contributed by atoms with Gasteiger partial charge in [0.15, 0.2) is 0 Å². The first-order valence-corrected chi connectivity index (χ1v) is 8.62. The maximum Gasteiger partial charge on any atom is 0.344 e. The quantitative estimate of drug-likeness (QED) is 0.514. The van der Waals surface area contributed by atoms with Crippen LogP contribution in [0.4, 0.5) is 0 Å². The first kappa shape index (κ1) is 18.5. The summed E-state index contributed by atoms with van der Waals surface area (Å²) in [5, 5.41) is 5.23. The Labute approximate surface area is 164 Å². The number of halogens is 3. The van der Waals surface area contributed by atoms with E-state index in [9.17, 15) is 4.79 Å². The molecular weight excluding hydrogens is 397 g/mol. The Morgan fingerprint density at radius 2 is 1.69 bits per heavy atom. The summed E-state index contributed by atoms with van der Waals surface area (Å²) in [6.45, 7) is 1.62. The minimum Gasteiger partial charge on any atom is -0.360 e. The Kier molecular flexibility index (Phi) is 5.32. The molecule has 0 saturated carbocycles. The first-order chi connectivity index (χ1) is 12.4. The smallest absolute Gasteiger partial charge is 0.344 e. The summed E-state index contributed by atoms with van der Waals surface area (Å²) < 4.78 is 5.19. The van der Waals surface area contributed by atoms with E-state index in [1.165, 1.54) is 0 Å². The Bertz CT molecular complexity index is 991. The summed E-state index contributed by atoms with van der Waals surface area (Å²) in [5.41, 5.74) is 7.48. The normalized spacial score (nSPS) is 11.6. The predicted molar refractivity (Wildman–Crippen MR) is 102 cm³/mol. The molecule has 1 heterocycles. The van der Waals surface area contributed by atoms with E-state index < -0.39 is 5.91 Å². The van der Waals surface area contributed by atoms with E-state index in [1.807, 2.05) is 0 Å². The number of nitrogen functional groups attached to an aromatic ring is 1. The van der Waals surface area contributed by atoms with Crippen LogP contribution in [0.1, 0.15) is 21.7 Å². The van der Waals surface area contributed by atoms with Gasteiger partial charge in [-0.1, -0.05) is 46.0 Å². The highest BCUT2D eigenvalue weighted by Gasteiger charge is 2.26. The minimum atomic E-state index is -0.484. The van der Waals surface area contributed by atoms with Crippen LogP contribution in [0.3, 0.4) is 0 Å². The molecule has 0 radical (unpaired) electrons. The molecule has 0 aliphatic heterocycles. The summed E-state index contributed by atoms with van der Waals surface area (Å²) in [6, 6.07) is 11.8. The fraction of sp³-hybridized carbons (Fsp3) is 0.0556. The monoisotopic (exact) mass is 408 g/mol. The second kappa shape index (κ2) is 7.50. The number of amidine groups is 1. The number of rotatable bonds is 3. The van der Waals surface area contributed by atoms with E-state index in [0.29, 0.717) is 32.0 Å². The zero-order valence-corrected chi connectivity index (χ0v) is 15.8. The fourth-order valence-corrected chi connectivity index (χ4v) is 3.12. The van der Waals surface area contributed by atoms with Gasteiger partial charge in [-0.3, -0.25) is 5.73 Å². The third-order valence-electron chi connectivity index (χ3n) is 3.69. The average molecular weight is 410 g/mol. The summed E-state index contributed by atoms with van der Waals surface area (Å²) in [4.78, 5) is 15.4. The van der Waals surface area contributed by atoms with Crippen molar-refractivity contribution in [1.29, 1.82) is 0 Å². The van der Waals surface area contributed by atoms with E-state index in [1.54, 1.807) is 49.4 Å². The molecule has 0 unspecified atom stereocenters. The molecule has 3 N–H and O–H groups in total. The van der Waals surface area contributed by atoms with Gasteiger partial charge in [0.1, 0.15) is 17.0 Å². The number of nitrogens with one attached hydrogen (secondary N) is 1. The lowest BCUT2D eigenvalue weighted by atomic mass is 10.1. The van der Waals surface area contributed by atoms with Crippen LogP contribution in [0.25, 0.3) is 11.3 Å². The van der Waals surface area contributed by atoms with Crippen LogP contribution < -0.4 is 10.7 Å². The molecule has 3 aromatic rings. The lowest BCUT2D eigenvalue weighted by Gasteiger charge is -2.04. The van der Waals surface area contributed by atoms with Crippen molar-refractivity contribution in [3.63, 3.8) is 0 Å². The number of nitrogens with zero attached hydrogens (tertiary/aromatic N) is 1. The zero-order valence-electron chi connectivity index (χ0n) is 13.5. The van der Waals surface area contributed by atoms with Crippen molar-refractivity contribution in [2.24, 2.45) is 5.73 Å². The van der Waals surface area contributed by atoms with Gasteiger partial charge < -0.3 is 4.52 Å². The van der Waals surface area contributed by atoms with E-state index in [4.69, 9.17) is 45.1 Å². The molecule has 8 heteroatoms. The third-order valence-corrected chi connectivity index (χ3v) is 4.57. The lowest BCUT2D eigenvalue weighted by molar-refractivity contribution is -0.345. The van der Waals surface area contributed by atoms with Crippen molar-refractivity contribution in [3.8, 4) is 11.3 Å². The number of amides is 1. The molecule has 26 heavy (non-hydrogen) atoms. The number of hydrogen-bond acceptors (Lipinski definition) is 3. The van der Waals surface area contributed by atoms with Gasteiger partial charge in [0.05, 0.1) is 15.6 Å². The SMILES string of the molecule is Cc1onc(-c2c(Cl)cccc2Cl)c1C(=O)[NH+]=C(N)c1ccc(Cl)cc1. The standard InChI is InChI=1S/C18H12Cl3N3O2/c1-9-14(16(24-26-9)15-12(20)3-2-4-13(15)21)18(25)23-17(22)10-5-7-11(19)8-6-10/h2-8H,1H3,(H2,22,23,25)/p+1. The van der Waals surface area contributed by atoms with Crippen LogP contribution in [0.5, 0.6) is 0 Å². The fourth-order valence-electron chi connectivity index (χ4n) is 2.42. The Balaban J connectivity index is 2.05. The number of nitrogens with two attached hydrogens (primary N) is 1. The number of carbonyl (C=O) groups is 1. The average Bonchev–Trinajstić information content (AvgIpc) is 2.96. The van der Waals surface area contributed by atoms with Crippen molar-refractivity contribution in [2.75, 3.05) is 0 Å². The molecule has 2 aromatic carbocycles. The highest BCUT2D eigenvalue weighted by Crippen LogP contribution is 2.36. The van der Waals surface area contributed by atoms with Crippen molar-refractivity contribution in [2.45, 2.75) is 6.92 Å². The van der Waals surface area contributed by atoms with Crippen LogP contribution in [0.15, 0.2) is 47.0 Å². The minimum absolute atomic E-state index is 0.170. The van der Waals surface area contributed by atoms with Crippen LogP contribution in [-0.2, 0) is 0 Å². The van der Waals surface area contributed by atoms with Crippen molar-refractivity contribution in [3.05, 3.63) is 74.4 Å². The molecule has 132 valence electrons. The van der Waals surface area contributed by atoms with Crippen molar-refractivity contribution >= 4 is 46.5 Å². The Hall–Kier alpha value is -2.34. The molecule has 0 saturated heterocycles. The molecule has 0 atom stereocenters. The van der Waals surface area contributed by atoms with Gasteiger partial charge in [0.2, 0.25) is 0 Å². The van der Waals surface area contributed by atoms with Gasteiger partial charge in [-0.25, -0.2) is 9.79 Å². The highest BCUT2D eigenvalue weighted by atomic mass is 35.5. The molecule has 0 spiro atoms. The summed E-state index contributed by atoms with van der Waals surface area (Å²) in [6.07, 6.45) is 0. The molecule has 0 bridgehead atoms. The van der Waals surface area contributed by atoms with Gasteiger partial charge in [-0.05, 0) is 43.3 Å². The second-order valence-electron chi connectivity index (χ2n) is 5.43. The van der Waals surface area contributed by atoms with Crippen LogP contribution in [0.2, 0.25) is 15.1 Å². The van der Waals surface area contributed by atoms with E-state index in [2.05, 4.69) is 10.1 Å². The summed E-state index contributed by atoms with van der Waals surface area (Å²) in [5.74, 6) is 0.00283. The number of aromatic nitrogens is 1. The Morgan fingerprint density at radius 3 is 2.31 bits per heavy atom. The number of benzene rings is 2. The topological polar surface area (TPSA) is 83.1 Å². The Morgan fingerprint density at radius 1 is 1.08 bits per heavy atom. The molecule has 0 aliphatic rings. The van der Waals surface area contributed by atoms with Crippen molar-refractivity contribution in [1.82, 2.24) is 5.16 Å². The van der Waals surface area contributed by atoms with Crippen LogP contribution in [0, 0.1) is 6.92 Å². The molecule has 3 rings (SSSR count). The number of carbonyl (C=O) groups excluding carboxylic acids is 1. The maximum absolute atomic E-state index is 12.8. The van der Waals surface area contributed by atoms with Gasteiger partial charge in [0, 0.05) is 10.6 Å². The van der Waals surface area contributed by atoms with E-state index in [0.717, 1.165) is 0 Å². The molecule has 0 aliphatic carbocycles. The van der Waals surface area contributed by atoms with Gasteiger partial charge >= 0.3 is 5.91 Å². The summed E-state index contributed by atoms with van der Waals surface area (Å²) in [7, 11) is 0. The molecule has 0 fully saturated rings. The number of aryl methyl sites for hydroxylation is 1. The van der Waals surface area contributed by atoms with Crippen molar-refractivity contribution < 1.29 is 14.3 Å².